The Labute approximate surface area is 204 Å². The average Bonchev–Trinajstić information content (AvgIpc) is 3.48. The van der Waals surface area contributed by atoms with Gasteiger partial charge in [0, 0.05) is 37.4 Å². The van der Waals surface area contributed by atoms with Crippen molar-refractivity contribution in [2.75, 3.05) is 30.4 Å². The van der Waals surface area contributed by atoms with E-state index in [-0.39, 0.29) is 5.91 Å². The molecule has 8 heteroatoms. The molecule has 0 unspecified atom stereocenters. The van der Waals surface area contributed by atoms with Crippen LogP contribution in [0.2, 0.25) is 0 Å². The standard InChI is InChI=1S/C27H29N7O/c1-17-7-12-34-23(16-30-25(34)13-17)20-4-5-22(26-21(20)15-31-27(26)35)32-24-6-3-19(14-29-24)33-10-8-18(28-2)9-11-33/h3-7,12-14,16,18,28H,8-11,15H2,1-2H3,(H,29,32)(H,31,35). The van der Waals surface area contributed by atoms with Gasteiger partial charge in [-0.25, -0.2) is 9.97 Å². The number of hydrogen-bond donors (Lipinski definition) is 3. The zero-order chi connectivity index (χ0) is 23.9. The van der Waals surface area contributed by atoms with E-state index in [4.69, 9.17) is 0 Å². The highest BCUT2D eigenvalue weighted by Gasteiger charge is 2.27. The van der Waals surface area contributed by atoms with E-state index in [0.29, 0.717) is 18.2 Å². The number of carbonyl (C=O) groups excluding carboxylic acids is 1. The summed E-state index contributed by atoms with van der Waals surface area (Å²) in [5, 5.41) is 9.74. The number of anilines is 3. The van der Waals surface area contributed by atoms with Crippen LogP contribution in [0.25, 0.3) is 16.9 Å². The molecule has 8 nitrogen and oxygen atoms in total. The summed E-state index contributed by atoms with van der Waals surface area (Å²) in [6.07, 6.45) is 8.09. The number of carbonyl (C=O) groups is 1. The second-order valence-electron chi connectivity index (χ2n) is 9.35. The van der Waals surface area contributed by atoms with Crippen LogP contribution < -0.4 is 20.9 Å². The Morgan fingerprint density at radius 2 is 1.91 bits per heavy atom. The molecule has 5 heterocycles. The topological polar surface area (TPSA) is 86.6 Å². The summed E-state index contributed by atoms with van der Waals surface area (Å²) in [5.74, 6) is 0.650. The average molecular weight is 468 g/mol. The number of nitrogens with zero attached hydrogens (tertiary/aromatic N) is 4. The van der Waals surface area contributed by atoms with Crippen molar-refractivity contribution in [2.45, 2.75) is 32.4 Å². The maximum Gasteiger partial charge on any atom is 0.254 e. The van der Waals surface area contributed by atoms with Crippen LogP contribution in [0.4, 0.5) is 17.2 Å². The van der Waals surface area contributed by atoms with E-state index in [1.54, 1.807) is 0 Å². The van der Waals surface area contributed by atoms with Crippen LogP contribution in [-0.2, 0) is 6.54 Å². The summed E-state index contributed by atoms with van der Waals surface area (Å²) in [6, 6.07) is 12.8. The highest BCUT2D eigenvalue weighted by atomic mass is 16.1. The van der Waals surface area contributed by atoms with Crippen LogP contribution in [0.1, 0.15) is 34.3 Å². The van der Waals surface area contributed by atoms with Gasteiger partial charge >= 0.3 is 0 Å². The van der Waals surface area contributed by atoms with E-state index in [0.717, 1.165) is 71.2 Å². The van der Waals surface area contributed by atoms with E-state index in [9.17, 15) is 4.79 Å². The van der Waals surface area contributed by atoms with Crippen molar-refractivity contribution in [1.29, 1.82) is 0 Å². The van der Waals surface area contributed by atoms with Gasteiger partial charge in [-0.05, 0) is 68.3 Å². The third-order valence-corrected chi connectivity index (χ3v) is 7.19. The fraction of sp³-hybridized carbons (Fsp3) is 0.296. The number of rotatable bonds is 5. The molecule has 2 aliphatic rings. The molecule has 178 valence electrons. The minimum Gasteiger partial charge on any atom is -0.370 e. The van der Waals surface area contributed by atoms with Gasteiger partial charge in [0.25, 0.3) is 5.91 Å². The van der Waals surface area contributed by atoms with Crippen molar-refractivity contribution in [1.82, 2.24) is 25.0 Å². The lowest BCUT2D eigenvalue weighted by atomic mass is 9.99. The van der Waals surface area contributed by atoms with Crippen LogP contribution in [0.5, 0.6) is 0 Å². The number of imidazole rings is 1. The molecule has 0 bridgehead atoms. The summed E-state index contributed by atoms with van der Waals surface area (Å²) in [4.78, 5) is 24.4. The molecule has 1 aromatic carbocycles. The summed E-state index contributed by atoms with van der Waals surface area (Å²) >= 11 is 0. The number of fused-ring (bicyclic) bond motifs is 2. The molecule has 0 atom stereocenters. The largest absolute Gasteiger partial charge is 0.370 e. The molecular formula is C27H29N7O. The van der Waals surface area contributed by atoms with Gasteiger partial charge in [-0.1, -0.05) is 6.07 Å². The first-order valence-corrected chi connectivity index (χ1v) is 12.1. The first kappa shape index (κ1) is 21.6. The molecular weight excluding hydrogens is 438 g/mol. The molecule has 1 saturated heterocycles. The molecule has 0 aliphatic carbocycles. The van der Waals surface area contributed by atoms with Gasteiger partial charge in [0.1, 0.15) is 11.5 Å². The van der Waals surface area contributed by atoms with Gasteiger partial charge in [-0.15, -0.1) is 0 Å². The number of benzene rings is 1. The number of pyridine rings is 2. The number of aromatic nitrogens is 3. The highest BCUT2D eigenvalue weighted by molar-refractivity contribution is 6.06. The van der Waals surface area contributed by atoms with Gasteiger partial charge in [-0.2, -0.15) is 0 Å². The predicted molar refractivity (Wildman–Crippen MR) is 138 cm³/mol. The van der Waals surface area contributed by atoms with Gasteiger partial charge < -0.3 is 20.9 Å². The minimum absolute atomic E-state index is 0.0713. The second-order valence-corrected chi connectivity index (χ2v) is 9.35. The first-order valence-electron chi connectivity index (χ1n) is 12.1. The molecule has 6 rings (SSSR count). The Bertz CT molecular complexity index is 1400. The van der Waals surface area contributed by atoms with Crippen LogP contribution >= 0.6 is 0 Å². The van der Waals surface area contributed by atoms with Gasteiger partial charge in [0.15, 0.2) is 0 Å². The highest BCUT2D eigenvalue weighted by Crippen LogP contribution is 2.35. The van der Waals surface area contributed by atoms with E-state index < -0.39 is 0 Å². The predicted octanol–water partition coefficient (Wildman–Crippen LogP) is 3.88. The Balaban J connectivity index is 1.28. The lowest BCUT2D eigenvalue weighted by Crippen LogP contribution is -2.41. The SMILES string of the molecule is CNC1CCN(c2ccc(Nc3ccc(-c4cnc5cc(C)ccn45)c4c3C(=O)NC4)nc2)CC1. The molecule has 2 aliphatic heterocycles. The fourth-order valence-corrected chi connectivity index (χ4v) is 5.19. The van der Waals surface area contributed by atoms with Crippen molar-refractivity contribution in [3.05, 3.63) is 71.7 Å². The third-order valence-electron chi connectivity index (χ3n) is 7.19. The Morgan fingerprint density at radius 1 is 1.06 bits per heavy atom. The molecule has 1 amide bonds. The lowest BCUT2D eigenvalue weighted by molar-refractivity contribution is 0.0966. The Hall–Kier alpha value is -3.91. The van der Waals surface area contributed by atoms with E-state index in [1.165, 1.54) is 0 Å². The smallest absolute Gasteiger partial charge is 0.254 e. The van der Waals surface area contributed by atoms with E-state index in [1.807, 2.05) is 37.8 Å². The Morgan fingerprint density at radius 3 is 2.69 bits per heavy atom. The van der Waals surface area contributed by atoms with Crippen molar-refractivity contribution in [3.63, 3.8) is 0 Å². The minimum atomic E-state index is -0.0713. The fourth-order valence-electron chi connectivity index (χ4n) is 5.19. The number of aryl methyl sites for hydroxylation is 1. The van der Waals surface area contributed by atoms with Crippen LogP contribution in [-0.4, -0.2) is 46.5 Å². The second kappa shape index (κ2) is 8.70. The maximum absolute atomic E-state index is 12.8. The van der Waals surface area contributed by atoms with Crippen molar-refractivity contribution >= 4 is 28.7 Å². The lowest BCUT2D eigenvalue weighted by Gasteiger charge is -2.33. The molecule has 0 spiro atoms. The summed E-state index contributed by atoms with van der Waals surface area (Å²) in [7, 11) is 2.03. The van der Waals surface area contributed by atoms with Gasteiger partial charge in [0.2, 0.25) is 0 Å². The van der Waals surface area contributed by atoms with Gasteiger partial charge in [-0.3, -0.25) is 9.20 Å². The number of piperidine rings is 1. The number of hydrogen-bond acceptors (Lipinski definition) is 6. The van der Waals surface area contributed by atoms with Crippen molar-refractivity contribution in [2.24, 2.45) is 0 Å². The monoisotopic (exact) mass is 467 g/mol. The third kappa shape index (κ3) is 3.89. The van der Waals surface area contributed by atoms with E-state index >= 15 is 0 Å². The molecule has 0 saturated carbocycles. The molecule has 0 radical (unpaired) electrons. The first-order chi connectivity index (χ1) is 17.1. The summed E-state index contributed by atoms with van der Waals surface area (Å²) in [6.45, 7) is 4.60. The van der Waals surface area contributed by atoms with Crippen molar-refractivity contribution in [3.8, 4) is 11.3 Å². The Kier molecular flexibility index (Phi) is 5.37. The van der Waals surface area contributed by atoms with E-state index in [2.05, 4.69) is 66.4 Å². The zero-order valence-electron chi connectivity index (χ0n) is 20.0. The van der Waals surface area contributed by atoms with Gasteiger partial charge in [0.05, 0.1) is 35.0 Å². The van der Waals surface area contributed by atoms with Crippen LogP contribution in [0.15, 0.2) is 55.0 Å². The molecule has 4 aromatic rings. The summed E-state index contributed by atoms with van der Waals surface area (Å²) < 4.78 is 2.07. The number of nitrogens with one attached hydrogen (secondary N) is 3. The number of amides is 1. The van der Waals surface area contributed by atoms with Crippen LogP contribution in [0, 0.1) is 6.92 Å². The van der Waals surface area contributed by atoms with Crippen molar-refractivity contribution < 1.29 is 4.79 Å². The molecule has 3 N–H and O–H groups in total. The maximum atomic E-state index is 12.8. The molecule has 1 fully saturated rings. The quantitative estimate of drug-likeness (QED) is 0.413. The normalized spacial score (nSPS) is 15.9. The molecule has 35 heavy (non-hydrogen) atoms. The zero-order valence-corrected chi connectivity index (χ0v) is 20.0. The summed E-state index contributed by atoms with van der Waals surface area (Å²) in [5.41, 5.74) is 7.59. The van der Waals surface area contributed by atoms with Crippen LogP contribution in [0.3, 0.4) is 0 Å². The molecule has 3 aromatic heterocycles.